The maximum atomic E-state index is 14.0. The molecule has 2 aromatic carbocycles. The lowest BCUT2D eigenvalue weighted by molar-refractivity contribution is 0.465. The number of benzene rings is 2. The van der Waals surface area contributed by atoms with Crippen molar-refractivity contribution >= 4 is 31.9 Å². The van der Waals surface area contributed by atoms with E-state index in [1.54, 1.807) is 12.1 Å². The first kappa shape index (κ1) is 16.5. The Labute approximate surface area is 136 Å². The van der Waals surface area contributed by atoms with Crippen molar-refractivity contribution in [3.05, 3.63) is 67.9 Å². The Balaban J connectivity index is 2.39. The predicted octanol–water partition coefficient (Wildman–Crippen LogP) is 4.38. The number of hydrogen-bond acceptors (Lipinski definition) is 2. The van der Waals surface area contributed by atoms with Gasteiger partial charge >= 0.3 is 0 Å². The summed E-state index contributed by atoms with van der Waals surface area (Å²) in [7, 11) is 0. The second-order valence-electron chi connectivity index (χ2n) is 4.44. The summed E-state index contributed by atoms with van der Waals surface area (Å²) in [4.78, 5) is 0. The molecule has 0 amide bonds. The van der Waals surface area contributed by atoms with Crippen LogP contribution in [-0.2, 0) is 6.42 Å². The van der Waals surface area contributed by atoms with Crippen LogP contribution in [0.1, 0.15) is 17.2 Å². The minimum atomic E-state index is -0.887. The molecule has 0 spiro atoms. The van der Waals surface area contributed by atoms with E-state index in [4.69, 9.17) is 5.84 Å². The van der Waals surface area contributed by atoms with Crippen molar-refractivity contribution in [2.45, 2.75) is 12.5 Å². The van der Waals surface area contributed by atoms with Crippen LogP contribution in [-0.4, -0.2) is 0 Å². The molecule has 1 unspecified atom stereocenters. The van der Waals surface area contributed by atoms with Crippen LogP contribution in [0.25, 0.3) is 0 Å². The number of hydrazine groups is 1. The van der Waals surface area contributed by atoms with Crippen molar-refractivity contribution in [2.24, 2.45) is 5.84 Å². The number of nitrogens with one attached hydrogen (secondary N) is 1. The molecule has 0 aliphatic rings. The van der Waals surface area contributed by atoms with Crippen LogP contribution >= 0.6 is 31.9 Å². The highest BCUT2D eigenvalue weighted by atomic mass is 79.9. The maximum Gasteiger partial charge on any atom is 0.132 e. The normalized spacial score (nSPS) is 12.5. The third-order valence-corrected chi connectivity index (χ3v) is 3.98. The molecule has 112 valence electrons. The van der Waals surface area contributed by atoms with E-state index in [2.05, 4.69) is 37.3 Å². The van der Waals surface area contributed by atoms with Gasteiger partial charge in [-0.25, -0.2) is 13.2 Å². The van der Waals surface area contributed by atoms with Crippen molar-refractivity contribution in [3.63, 3.8) is 0 Å². The molecule has 2 rings (SSSR count). The fourth-order valence-electron chi connectivity index (χ4n) is 2.05. The summed E-state index contributed by atoms with van der Waals surface area (Å²) < 4.78 is 42.6. The number of nitrogens with two attached hydrogens (primary N) is 1. The molecule has 2 nitrogen and oxygen atoms in total. The lowest BCUT2D eigenvalue weighted by Gasteiger charge is -2.18. The number of rotatable bonds is 4. The van der Waals surface area contributed by atoms with Gasteiger partial charge in [-0.2, -0.15) is 0 Å². The molecule has 2 aromatic rings. The van der Waals surface area contributed by atoms with E-state index >= 15 is 0 Å². The van der Waals surface area contributed by atoms with Crippen LogP contribution in [0.15, 0.2) is 39.3 Å². The number of halogens is 5. The summed E-state index contributed by atoms with van der Waals surface area (Å²) in [5, 5.41) is 0. The highest BCUT2D eigenvalue weighted by Gasteiger charge is 2.21. The lowest BCUT2D eigenvalue weighted by Crippen LogP contribution is -2.31. The van der Waals surface area contributed by atoms with Crippen molar-refractivity contribution < 1.29 is 13.2 Å². The highest BCUT2D eigenvalue weighted by molar-refractivity contribution is 9.10. The third-order valence-electron chi connectivity index (χ3n) is 3.03. The first-order valence-corrected chi connectivity index (χ1v) is 7.55. The average Bonchev–Trinajstić information content (AvgIpc) is 2.40. The van der Waals surface area contributed by atoms with Crippen LogP contribution in [0.5, 0.6) is 0 Å². The fourth-order valence-corrected chi connectivity index (χ4v) is 2.86. The molecule has 0 fully saturated rings. The zero-order valence-electron chi connectivity index (χ0n) is 10.6. The van der Waals surface area contributed by atoms with E-state index in [-0.39, 0.29) is 16.5 Å². The van der Waals surface area contributed by atoms with Gasteiger partial charge < -0.3 is 0 Å². The SMILES string of the molecule is NNC(Cc1cc(Br)ccc1F)c1c(F)cc(Br)cc1F. The smallest absolute Gasteiger partial charge is 0.132 e. The Hall–Kier alpha value is -0.890. The summed E-state index contributed by atoms with van der Waals surface area (Å²) in [6.07, 6.45) is 0.0112. The third kappa shape index (κ3) is 3.85. The van der Waals surface area contributed by atoms with Gasteiger partial charge in [0.2, 0.25) is 0 Å². The topological polar surface area (TPSA) is 38.0 Å². The molecule has 3 N–H and O–H groups in total. The monoisotopic (exact) mass is 422 g/mol. The molecule has 0 aliphatic heterocycles. The number of hydrogen-bond donors (Lipinski definition) is 2. The van der Waals surface area contributed by atoms with Crippen molar-refractivity contribution in [2.75, 3.05) is 0 Å². The van der Waals surface area contributed by atoms with Crippen LogP contribution in [0.4, 0.5) is 13.2 Å². The van der Waals surface area contributed by atoms with Crippen molar-refractivity contribution in [1.29, 1.82) is 0 Å². The zero-order valence-corrected chi connectivity index (χ0v) is 13.8. The fraction of sp³-hybridized carbons (Fsp3) is 0.143. The van der Waals surface area contributed by atoms with Crippen LogP contribution in [0, 0.1) is 17.5 Å². The van der Waals surface area contributed by atoms with Crippen LogP contribution in [0.2, 0.25) is 0 Å². The van der Waals surface area contributed by atoms with Crippen LogP contribution in [0.3, 0.4) is 0 Å². The molecule has 0 radical (unpaired) electrons. The first-order valence-electron chi connectivity index (χ1n) is 5.97. The van der Waals surface area contributed by atoms with Gasteiger partial charge in [-0.05, 0) is 42.3 Å². The van der Waals surface area contributed by atoms with Gasteiger partial charge in [-0.3, -0.25) is 11.3 Å². The Morgan fingerprint density at radius 2 is 1.57 bits per heavy atom. The van der Waals surface area contributed by atoms with Gasteiger partial charge in [0, 0.05) is 14.5 Å². The van der Waals surface area contributed by atoms with Gasteiger partial charge in [-0.15, -0.1) is 0 Å². The zero-order chi connectivity index (χ0) is 15.6. The summed E-state index contributed by atoms with van der Waals surface area (Å²) in [5.74, 6) is 3.43. The molecule has 0 aliphatic carbocycles. The lowest BCUT2D eigenvalue weighted by atomic mass is 9.98. The Morgan fingerprint density at radius 1 is 0.952 bits per heavy atom. The average molecular weight is 424 g/mol. The summed E-state index contributed by atoms with van der Waals surface area (Å²) in [6.45, 7) is 0. The van der Waals surface area contributed by atoms with E-state index in [1.807, 2.05) is 0 Å². The van der Waals surface area contributed by atoms with E-state index in [0.717, 1.165) is 12.1 Å². The summed E-state index contributed by atoms with van der Waals surface area (Å²) in [5.41, 5.74) is 2.42. The largest absolute Gasteiger partial charge is 0.271 e. The van der Waals surface area contributed by atoms with E-state index in [0.29, 0.717) is 10.0 Å². The summed E-state index contributed by atoms with van der Waals surface area (Å²) in [6, 6.07) is 5.77. The minimum Gasteiger partial charge on any atom is -0.271 e. The molecule has 0 bridgehead atoms. The standard InChI is InChI=1S/C14H11Br2F3N2/c15-8-1-2-10(17)7(3-8)4-13(21-20)14-11(18)5-9(16)6-12(14)19/h1-3,5-6,13,21H,4,20H2. The van der Waals surface area contributed by atoms with Gasteiger partial charge in [0.05, 0.1) is 6.04 Å². The van der Waals surface area contributed by atoms with Gasteiger partial charge in [0.25, 0.3) is 0 Å². The van der Waals surface area contributed by atoms with E-state index in [1.165, 1.54) is 6.07 Å². The second-order valence-corrected chi connectivity index (χ2v) is 6.27. The van der Waals surface area contributed by atoms with Crippen molar-refractivity contribution in [1.82, 2.24) is 5.43 Å². The molecule has 21 heavy (non-hydrogen) atoms. The maximum absolute atomic E-state index is 14.0. The molecular formula is C14H11Br2F3N2. The molecule has 0 saturated carbocycles. The molecule has 1 atom stereocenters. The minimum absolute atomic E-state index is 0.0112. The molecule has 0 aromatic heterocycles. The van der Waals surface area contributed by atoms with E-state index < -0.39 is 23.5 Å². The quantitative estimate of drug-likeness (QED) is 0.565. The second kappa shape index (κ2) is 6.91. The Morgan fingerprint density at radius 3 is 2.14 bits per heavy atom. The molecule has 7 heteroatoms. The predicted molar refractivity (Wildman–Crippen MR) is 81.9 cm³/mol. The Kier molecular flexibility index (Phi) is 5.43. The van der Waals surface area contributed by atoms with Crippen molar-refractivity contribution in [3.8, 4) is 0 Å². The molecule has 0 saturated heterocycles. The molecule has 0 heterocycles. The summed E-state index contributed by atoms with van der Waals surface area (Å²) >= 11 is 6.24. The van der Waals surface area contributed by atoms with Crippen LogP contribution < -0.4 is 11.3 Å². The van der Waals surface area contributed by atoms with E-state index in [9.17, 15) is 13.2 Å². The molecular weight excluding hydrogens is 413 g/mol. The Bertz CT molecular complexity index is 642. The van der Waals surface area contributed by atoms with Gasteiger partial charge in [-0.1, -0.05) is 31.9 Å². The van der Waals surface area contributed by atoms with Gasteiger partial charge in [0.15, 0.2) is 0 Å². The van der Waals surface area contributed by atoms with Gasteiger partial charge in [0.1, 0.15) is 17.5 Å². The highest BCUT2D eigenvalue weighted by Crippen LogP contribution is 2.28. The first-order chi connectivity index (χ1) is 9.92.